The summed E-state index contributed by atoms with van der Waals surface area (Å²) in [4.78, 5) is 10.8. The third-order valence-corrected chi connectivity index (χ3v) is 4.62. The van der Waals surface area contributed by atoms with Crippen molar-refractivity contribution in [3.8, 4) is 17.2 Å². The molecule has 0 aliphatic rings. The van der Waals surface area contributed by atoms with Crippen LogP contribution in [0.4, 0.5) is 0 Å². The van der Waals surface area contributed by atoms with Gasteiger partial charge in [0.25, 0.3) is 0 Å². The Bertz CT molecular complexity index is 683. The molecule has 104 valence electrons. The lowest BCUT2D eigenvalue weighted by Gasteiger charge is -2.11. The molecule has 0 spiro atoms. The molecule has 0 bridgehead atoms. The van der Waals surface area contributed by atoms with E-state index in [4.69, 9.17) is 9.84 Å². The normalized spacial score (nSPS) is 10.3. The standard InChI is InChI=1S/C14H10I2O4/c1-7-4-8(15)5-12(13(7)16)20-9-2-3-10(14(18)19)11(17)6-9/h2-6,17H,1H3,(H,18,19). The van der Waals surface area contributed by atoms with Gasteiger partial charge < -0.3 is 14.9 Å². The lowest BCUT2D eigenvalue weighted by molar-refractivity contribution is 0.0693. The summed E-state index contributed by atoms with van der Waals surface area (Å²) in [5, 5.41) is 18.5. The molecule has 0 atom stereocenters. The van der Waals surface area contributed by atoms with Gasteiger partial charge in [-0.2, -0.15) is 0 Å². The maximum atomic E-state index is 10.8. The van der Waals surface area contributed by atoms with Crippen molar-refractivity contribution in [2.75, 3.05) is 0 Å². The topological polar surface area (TPSA) is 66.8 Å². The van der Waals surface area contributed by atoms with Crippen LogP contribution in [-0.4, -0.2) is 16.2 Å². The number of hydrogen-bond acceptors (Lipinski definition) is 3. The number of hydrogen-bond donors (Lipinski definition) is 2. The molecule has 0 unspecified atom stereocenters. The number of aromatic hydroxyl groups is 1. The molecule has 20 heavy (non-hydrogen) atoms. The lowest BCUT2D eigenvalue weighted by atomic mass is 10.2. The number of aryl methyl sites for hydroxylation is 1. The molecule has 0 aliphatic carbocycles. The Balaban J connectivity index is 2.36. The highest BCUT2D eigenvalue weighted by Gasteiger charge is 2.12. The smallest absolute Gasteiger partial charge is 0.339 e. The Hall–Kier alpha value is -1.03. The van der Waals surface area contributed by atoms with Gasteiger partial charge in [0, 0.05) is 9.64 Å². The highest BCUT2D eigenvalue weighted by atomic mass is 127. The third kappa shape index (κ3) is 3.35. The maximum Gasteiger partial charge on any atom is 0.339 e. The van der Waals surface area contributed by atoms with Gasteiger partial charge in [0.05, 0.1) is 3.57 Å². The van der Waals surface area contributed by atoms with Crippen LogP contribution in [0.5, 0.6) is 17.2 Å². The number of carbonyl (C=O) groups is 1. The van der Waals surface area contributed by atoms with Crippen molar-refractivity contribution in [3.05, 3.63) is 48.6 Å². The summed E-state index contributed by atoms with van der Waals surface area (Å²) < 4.78 is 7.74. The molecule has 6 heteroatoms. The SMILES string of the molecule is Cc1cc(I)cc(Oc2ccc(C(=O)O)c(O)c2)c1I. The van der Waals surface area contributed by atoms with E-state index in [9.17, 15) is 9.90 Å². The Morgan fingerprint density at radius 3 is 2.50 bits per heavy atom. The second-order valence-electron chi connectivity index (χ2n) is 4.12. The summed E-state index contributed by atoms with van der Waals surface area (Å²) >= 11 is 4.39. The summed E-state index contributed by atoms with van der Waals surface area (Å²) in [5.41, 5.74) is 0.949. The molecule has 0 aliphatic heterocycles. The number of carboxylic acid groups (broad SMARTS) is 1. The van der Waals surface area contributed by atoms with Crippen LogP contribution in [0.3, 0.4) is 0 Å². The van der Waals surface area contributed by atoms with E-state index in [0.717, 1.165) is 12.7 Å². The van der Waals surface area contributed by atoms with Crippen LogP contribution in [0.15, 0.2) is 30.3 Å². The molecule has 0 saturated heterocycles. The quantitative estimate of drug-likeness (QED) is 0.619. The van der Waals surface area contributed by atoms with Crippen molar-refractivity contribution in [2.24, 2.45) is 0 Å². The molecule has 0 radical (unpaired) electrons. The number of aromatic carboxylic acids is 1. The third-order valence-electron chi connectivity index (χ3n) is 2.61. The van der Waals surface area contributed by atoms with E-state index in [1.165, 1.54) is 18.2 Å². The van der Waals surface area contributed by atoms with Gasteiger partial charge >= 0.3 is 5.97 Å². The van der Waals surface area contributed by atoms with Crippen LogP contribution in [0.25, 0.3) is 0 Å². The minimum Gasteiger partial charge on any atom is -0.507 e. The number of carboxylic acids is 1. The Morgan fingerprint density at radius 1 is 1.20 bits per heavy atom. The number of halogens is 2. The molecule has 2 rings (SSSR count). The first-order valence-corrected chi connectivity index (χ1v) is 7.74. The van der Waals surface area contributed by atoms with E-state index in [-0.39, 0.29) is 11.3 Å². The fraction of sp³-hybridized carbons (Fsp3) is 0.0714. The van der Waals surface area contributed by atoms with Gasteiger partial charge in [0.2, 0.25) is 0 Å². The fourth-order valence-electron chi connectivity index (χ4n) is 1.65. The van der Waals surface area contributed by atoms with Gasteiger partial charge in [0.15, 0.2) is 0 Å². The van der Waals surface area contributed by atoms with Crippen molar-refractivity contribution >= 4 is 51.2 Å². The van der Waals surface area contributed by atoms with Crippen molar-refractivity contribution < 1.29 is 19.7 Å². The van der Waals surface area contributed by atoms with Gasteiger partial charge in [-0.3, -0.25) is 0 Å². The Labute approximate surface area is 143 Å². The second kappa shape index (κ2) is 6.17. The van der Waals surface area contributed by atoms with Gasteiger partial charge in [0.1, 0.15) is 22.8 Å². The largest absolute Gasteiger partial charge is 0.507 e. The average molecular weight is 496 g/mol. The predicted molar refractivity (Wildman–Crippen MR) is 91.8 cm³/mol. The summed E-state index contributed by atoms with van der Waals surface area (Å²) in [7, 11) is 0. The first-order chi connectivity index (χ1) is 9.38. The summed E-state index contributed by atoms with van der Waals surface area (Å²) in [5.74, 6) is -0.412. The van der Waals surface area contributed by atoms with Gasteiger partial charge in [-0.25, -0.2) is 4.79 Å². The molecule has 2 N–H and O–H groups in total. The van der Waals surface area contributed by atoms with E-state index in [1.54, 1.807) is 0 Å². The predicted octanol–water partition coefficient (Wildman–Crippen LogP) is 4.40. The minimum atomic E-state index is -1.17. The van der Waals surface area contributed by atoms with Crippen molar-refractivity contribution in [3.63, 3.8) is 0 Å². The lowest BCUT2D eigenvalue weighted by Crippen LogP contribution is -1.97. The fourth-order valence-corrected chi connectivity index (χ4v) is 2.82. The highest BCUT2D eigenvalue weighted by Crippen LogP contribution is 2.33. The van der Waals surface area contributed by atoms with Crippen molar-refractivity contribution in [1.82, 2.24) is 0 Å². The van der Waals surface area contributed by atoms with Crippen LogP contribution >= 0.6 is 45.2 Å². The van der Waals surface area contributed by atoms with Crippen LogP contribution in [-0.2, 0) is 0 Å². The van der Waals surface area contributed by atoms with Crippen LogP contribution in [0.2, 0.25) is 0 Å². The molecule has 0 aromatic heterocycles. The molecule has 2 aromatic rings. The molecule has 4 nitrogen and oxygen atoms in total. The van der Waals surface area contributed by atoms with Crippen molar-refractivity contribution in [2.45, 2.75) is 6.92 Å². The van der Waals surface area contributed by atoms with E-state index in [0.29, 0.717) is 11.5 Å². The van der Waals surface area contributed by atoms with Crippen molar-refractivity contribution in [1.29, 1.82) is 0 Å². The average Bonchev–Trinajstić information content (AvgIpc) is 2.35. The second-order valence-corrected chi connectivity index (χ2v) is 6.45. The maximum absolute atomic E-state index is 10.8. The minimum absolute atomic E-state index is 0.147. The Kier molecular flexibility index (Phi) is 4.74. The highest BCUT2D eigenvalue weighted by molar-refractivity contribution is 14.1. The summed E-state index contributed by atoms with van der Waals surface area (Å²) in [6.07, 6.45) is 0. The van der Waals surface area contributed by atoms with Gasteiger partial charge in [-0.1, -0.05) is 0 Å². The van der Waals surface area contributed by atoms with Gasteiger partial charge in [-0.15, -0.1) is 0 Å². The molecular weight excluding hydrogens is 486 g/mol. The number of ether oxygens (including phenoxy) is 1. The zero-order chi connectivity index (χ0) is 14.9. The summed E-state index contributed by atoms with van der Waals surface area (Å²) in [6, 6.07) is 8.07. The molecular formula is C14H10I2O4. The monoisotopic (exact) mass is 496 g/mol. The van der Waals surface area contributed by atoms with Gasteiger partial charge in [-0.05, 0) is 81.9 Å². The number of benzene rings is 2. The zero-order valence-corrected chi connectivity index (χ0v) is 14.7. The Morgan fingerprint density at radius 2 is 1.90 bits per heavy atom. The first kappa shape index (κ1) is 15.4. The van der Waals surface area contributed by atoms with E-state index >= 15 is 0 Å². The van der Waals surface area contributed by atoms with E-state index in [2.05, 4.69) is 45.2 Å². The van der Waals surface area contributed by atoms with Crippen LogP contribution < -0.4 is 4.74 Å². The van der Waals surface area contributed by atoms with Crippen LogP contribution in [0.1, 0.15) is 15.9 Å². The molecule has 2 aromatic carbocycles. The van der Waals surface area contributed by atoms with E-state index in [1.807, 2.05) is 19.1 Å². The van der Waals surface area contributed by atoms with Crippen LogP contribution in [0, 0.1) is 14.1 Å². The summed E-state index contributed by atoms with van der Waals surface area (Å²) in [6.45, 7) is 1.99. The first-order valence-electron chi connectivity index (χ1n) is 5.58. The van der Waals surface area contributed by atoms with E-state index < -0.39 is 5.97 Å². The number of phenols is 1. The molecule has 0 saturated carbocycles. The molecule has 0 fully saturated rings. The number of rotatable bonds is 3. The molecule has 0 heterocycles. The zero-order valence-electron chi connectivity index (χ0n) is 10.4. The molecule has 0 amide bonds.